The first-order valence-electron chi connectivity index (χ1n) is 6.97. The first-order chi connectivity index (χ1) is 9.63. The molecule has 4 nitrogen and oxygen atoms in total. The summed E-state index contributed by atoms with van der Waals surface area (Å²) in [5, 5.41) is 12.4. The van der Waals surface area contributed by atoms with E-state index in [1.165, 1.54) is 6.42 Å². The maximum absolute atomic E-state index is 11.7. The van der Waals surface area contributed by atoms with Crippen LogP contribution < -0.4 is 5.32 Å². The number of hydrogen-bond donors (Lipinski definition) is 3. The van der Waals surface area contributed by atoms with Crippen molar-refractivity contribution >= 4 is 18.7 Å². The van der Waals surface area contributed by atoms with E-state index in [0.717, 1.165) is 37.7 Å². The number of phenols is 1. The van der Waals surface area contributed by atoms with E-state index >= 15 is 0 Å². The molecule has 0 aliphatic heterocycles. The highest BCUT2D eigenvalue weighted by atomic mass is 32.1. The number of carbonyl (C=O) groups excluding carboxylic acids is 1. The summed E-state index contributed by atoms with van der Waals surface area (Å²) in [6.45, 7) is 0. The quantitative estimate of drug-likeness (QED) is 0.590. The molecule has 1 aliphatic rings. The Morgan fingerprint density at radius 1 is 1.25 bits per heavy atom. The van der Waals surface area contributed by atoms with Crippen molar-refractivity contribution in [2.45, 2.75) is 44.1 Å². The van der Waals surface area contributed by atoms with Crippen LogP contribution in [0.2, 0.25) is 0 Å². The Bertz CT molecular complexity index is 441. The molecule has 1 fully saturated rings. The van der Waals surface area contributed by atoms with Crippen molar-refractivity contribution < 1.29 is 14.6 Å². The molecule has 1 aliphatic carbocycles. The number of phenolic OH excluding ortho intramolecular Hbond substituents is 1. The number of amides is 1. The summed E-state index contributed by atoms with van der Waals surface area (Å²) in [4.78, 5) is 11.7. The number of rotatable bonds is 4. The Morgan fingerprint density at radius 2 is 1.90 bits per heavy atom. The molecular formula is C15H21NO3S. The van der Waals surface area contributed by atoms with Gasteiger partial charge in [-0.2, -0.15) is 0 Å². The predicted molar refractivity (Wildman–Crippen MR) is 81.1 cm³/mol. The normalized spacial score (nSPS) is 17.4. The Morgan fingerprint density at radius 3 is 2.50 bits per heavy atom. The molecule has 5 heteroatoms. The van der Waals surface area contributed by atoms with E-state index in [9.17, 15) is 9.90 Å². The van der Waals surface area contributed by atoms with E-state index in [1.807, 2.05) is 12.1 Å². The zero-order valence-corrected chi connectivity index (χ0v) is 12.4. The van der Waals surface area contributed by atoms with Crippen LogP contribution in [-0.2, 0) is 11.2 Å². The van der Waals surface area contributed by atoms with Crippen LogP contribution in [0, 0.1) is 0 Å². The van der Waals surface area contributed by atoms with E-state index in [4.69, 9.17) is 4.74 Å². The lowest BCUT2D eigenvalue weighted by molar-refractivity contribution is 0.139. The van der Waals surface area contributed by atoms with Crippen LogP contribution in [0.4, 0.5) is 4.79 Å². The number of benzene rings is 1. The molecule has 0 unspecified atom stereocenters. The van der Waals surface area contributed by atoms with Crippen LogP contribution in [0.5, 0.6) is 5.75 Å². The molecular weight excluding hydrogens is 274 g/mol. The number of nitrogens with one attached hydrogen (secondary N) is 1. The molecule has 1 aromatic rings. The van der Waals surface area contributed by atoms with Crippen molar-refractivity contribution in [3.05, 3.63) is 29.8 Å². The number of alkyl carbamates (subject to hydrolysis) is 1. The minimum Gasteiger partial charge on any atom is -0.508 e. The van der Waals surface area contributed by atoms with Crippen molar-refractivity contribution in [1.82, 2.24) is 5.32 Å². The average molecular weight is 295 g/mol. The van der Waals surface area contributed by atoms with Gasteiger partial charge in [0.15, 0.2) is 0 Å². The summed E-state index contributed by atoms with van der Waals surface area (Å²) in [7, 11) is 0. The highest BCUT2D eigenvalue weighted by Gasteiger charge is 2.34. The molecule has 20 heavy (non-hydrogen) atoms. The summed E-state index contributed by atoms with van der Waals surface area (Å²) in [5.74, 6) is 0.343. The van der Waals surface area contributed by atoms with Crippen molar-refractivity contribution in [3.8, 4) is 5.75 Å². The van der Waals surface area contributed by atoms with Crippen molar-refractivity contribution in [2.24, 2.45) is 0 Å². The fraction of sp³-hybridized carbons (Fsp3) is 0.533. The lowest BCUT2D eigenvalue weighted by Gasteiger charge is -2.38. The summed E-state index contributed by atoms with van der Waals surface area (Å²) in [5.41, 5.74) is 0.866. The van der Waals surface area contributed by atoms with Gasteiger partial charge in [0.2, 0.25) is 0 Å². The highest BCUT2D eigenvalue weighted by molar-refractivity contribution is 7.80. The number of hydrogen-bond acceptors (Lipinski definition) is 4. The summed E-state index contributed by atoms with van der Waals surface area (Å²) < 4.78 is 4.90. The third-order valence-electron chi connectivity index (χ3n) is 3.85. The number of carbonyl (C=O) groups is 1. The van der Waals surface area contributed by atoms with Gasteiger partial charge in [0.1, 0.15) is 11.7 Å². The van der Waals surface area contributed by atoms with E-state index < -0.39 is 6.09 Å². The first-order valence-corrected chi connectivity index (χ1v) is 7.60. The largest absolute Gasteiger partial charge is 0.508 e. The van der Waals surface area contributed by atoms with Gasteiger partial charge in [-0.15, -0.1) is 12.6 Å². The molecule has 110 valence electrons. The van der Waals surface area contributed by atoms with Gasteiger partial charge in [-0.05, 0) is 37.0 Å². The van der Waals surface area contributed by atoms with Crippen LogP contribution in [-0.4, -0.2) is 22.7 Å². The van der Waals surface area contributed by atoms with Gasteiger partial charge in [-0.1, -0.05) is 31.4 Å². The van der Waals surface area contributed by atoms with Crippen LogP contribution in [0.3, 0.4) is 0 Å². The van der Waals surface area contributed by atoms with Crippen LogP contribution in [0.1, 0.15) is 37.7 Å². The SMILES string of the molecule is O=C(NC1(Cc2ccc(O)cc2)CCCCC1)OCS. The third kappa shape index (κ3) is 4.07. The van der Waals surface area contributed by atoms with Gasteiger partial charge >= 0.3 is 6.09 Å². The molecule has 1 aromatic carbocycles. The summed E-state index contributed by atoms with van der Waals surface area (Å²) in [6, 6.07) is 7.16. The maximum atomic E-state index is 11.7. The number of ether oxygens (including phenoxy) is 1. The van der Waals surface area contributed by atoms with Gasteiger partial charge in [-0.3, -0.25) is 0 Å². The fourth-order valence-corrected chi connectivity index (χ4v) is 3.01. The predicted octanol–water partition coefficient (Wildman–Crippen LogP) is 3.25. The Labute approximate surface area is 124 Å². The Kier molecular flexibility index (Phi) is 5.17. The molecule has 2 rings (SSSR count). The third-order valence-corrected chi connectivity index (χ3v) is 3.98. The molecule has 0 heterocycles. The number of aromatic hydroxyl groups is 1. The molecule has 1 amide bonds. The number of thiol groups is 1. The van der Waals surface area contributed by atoms with Crippen LogP contribution >= 0.6 is 12.6 Å². The van der Waals surface area contributed by atoms with Gasteiger partial charge in [-0.25, -0.2) is 4.79 Å². The van der Waals surface area contributed by atoms with E-state index in [0.29, 0.717) is 0 Å². The van der Waals surface area contributed by atoms with E-state index in [-0.39, 0.29) is 17.2 Å². The molecule has 0 aromatic heterocycles. The van der Waals surface area contributed by atoms with Gasteiger partial charge in [0, 0.05) is 5.54 Å². The van der Waals surface area contributed by atoms with E-state index in [1.54, 1.807) is 12.1 Å². The van der Waals surface area contributed by atoms with Gasteiger partial charge < -0.3 is 15.2 Å². The van der Waals surface area contributed by atoms with Gasteiger partial charge in [0.05, 0.1) is 0 Å². The lowest BCUT2D eigenvalue weighted by atomic mass is 9.77. The zero-order valence-electron chi connectivity index (χ0n) is 11.5. The molecule has 0 bridgehead atoms. The molecule has 2 N–H and O–H groups in total. The monoisotopic (exact) mass is 295 g/mol. The second-order valence-corrected chi connectivity index (χ2v) is 5.63. The fourth-order valence-electron chi connectivity index (χ4n) is 2.89. The van der Waals surface area contributed by atoms with E-state index in [2.05, 4.69) is 17.9 Å². The maximum Gasteiger partial charge on any atom is 0.408 e. The molecule has 1 saturated carbocycles. The minimum atomic E-state index is -0.402. The van der Waals surface area contributed by atoms with Crippen molar-refractivity contribution in [1.29, 1.82) is 0 Å². The van der Waals surface area contributed by atoms with Gasteiger partial charge in [0.25, 0.3) is 0 Å². The Balaban J connectivity index is 2.09. The minimum absolute atomic E-state index is 0.0844. The topological polar surface area (TPSA) is 58.6 Å². The lowest BCUT2D eigenvalue weighted by Crippen LogP contribution is -2.51. The smallest absolute Gasteiger partial charge is 0.408 e. The van der Waals surface area contributed by atoms with Crippen LogP contribution in [0.25, 0.3) is 0 Å². The first kappa shape index (κ1) is 15.0. The highest BCUT2D eigenvalue weighted by Crippen LogP contribution is 2.32. The summed E-state index contributed by atoms with van der Waals surface area (Å²) in [6.07, 6.45) is 5.69. The second kappa shape index (κ2) is 6.88. The summed E-state index contributed by atoms with van der Waals surface area (Å²) >= 11 is 3.90. The standard InChI is InChI=1S/C15H21NO3S/c17-13-6-4-12(5-7-13)10-15(8-2-1-3-9-15)16-14(18)19-11-20/h4-7,17,20H,1-3,8-11H2,(H,16,18). The second-order valence-electron chi connectivity index (χ2n) is 5.37. The zero-order chi connectivity index (χ0) is 14.4. The molecule has 0 radical (unpaired) electrons. The molecule has 0 saturated heterocycles. The molecule has 0 atom stereocenters. The average Bonchev–Trinajstić information content (AvgIpc) is 2.42. The van der Waals surface area contributed by atoms with Crippen molar-refractivity contribution in [2.75, 3.05) is 5.94 Å². The van der Waals surface area contributed by atoms with Crippen molar-refractivity contribution in [3.63, 3.8) is 0 Å². The molecule has 0 spiro atoms. The van der Waals surface area contributed by atoms with Crippen LogP contribution in [0.15, 0.2) is 24.3 Å². The Hall–Kier alpha value is -1.36.